The molecular formula is C17H18N2O3. The van der Waals surface area contributed by atoms with E-state index in [0.29, 0.717) is 11.3 Å². The summed E-state index contributed by atoms with van der Waals surface area (Å²) in [6.45, 7) is 5.44. The number of ether oxygens (including phenoxy) is 1. The number of nitrogens with one attached hydrogen (secondary N) is 1. The van der Waals surface area contributed by atoms with Crippen LogP contribution in [0, 0.1) is 13.8 Å². The molecule has 1 unspecified atom stereocenters. The molecule has 0 saturated heterocycles. The Hall–Kier alpha value is -2.69. The van der Waals surface area contributed by atoms with Crippen molar-refractivity contribution in [3.8, 4) is 0 Å². The fourth-order valence-electron chi connectivity index (χ4n) is 2.06. The molecule has 0 spiro atoms. The van der Waals surface area contributed by atoms with E-state index in [1.165, 1.54) is 13.1 Å². The lowest BCUT2D eigenvalue weighted by atomic mass is 10.1. The van der Waals surface area contributed by atoms with Crippen LogP contribution in [0.5, 0.6) is 0 Å². The minimum Gasteiger partial charge on any atom is -0.449 e. The van der Waals surface area contributed by atoms with Gasteiger partial charge in [0.2, 0.25) is 0 Å². The third-order valence-electron chi connectivity index (χ3n) is 3.04. The number of rotatable bonds is 4. The average molecular weight is 298 g/mol. The second kappa shape index (κ2) is 6.85. The standard InChI is InChI=1S/C17H18N2O3/c1-11-7-12(2)9-15(8-11)19-16(20)13(3)22-17(21)14-5-4-6-18-10-14/h4-10,13H,1-3H3,(H,19,20). The number of aromatic nitrogens is 1. The van der Waals surface area contributed by atoms with Gasteiger partial charge in [-0.3, -0.25) is 9.78 Å². The Bertz CT molecular complexity index is 663. The normalized spacial score (nSPS) is 11.6. The molecule has 0 aliphatic heterocycles. The highest BCUT2D eigenvalue weighted by atomic mass is 16.5. The summed E-state index contributed by atoms with van der Waals surface area (Å²) in [6, 6.07) is 8.96. The SMILES string of the molecule is Cc1cc(C)cc(NC(=O)C(C)OC(=O)c2cccnc2)c1. The van der Waals surface area contributed by atoms with Gasteiger partial charge in [-0.2, -0.15) is 0 Å². The molecule has 1 aromatic heterocycles. The molecule has 0 saturated carbocycles. The maximum atomic E-state index is 12.1. The van der Waals surface area contributed by atoms with Crippen LogP contribution >= 0.6 is 0 Å². The topological polar surface area (TPSA) is 68.3 Å². The average Bonchev–Trinajstić information content (AvgIpc) is 2.46. The van der Waals surface area contributed by atoms with Crippen molar-refractivity contribution >= 4 is 17.6 Å². The summed E-state index contributed by atoms with van der Waals surface area (Å²) >= 11 is 0. The molecule has 1 N–H and O–H groups in total. The van der Waals surface area contributed by atoms with Gasteiger partial charge in [0.25, 0.3) is 5.91 Å². The molecule has 5 nitrogen and oxygen atoms in total. The van der Waals surface area contributed by atoms with E-state index in [-0.39, 0.29) is 5.91 Å². The fourth-order valence-corrected chi connectivity index (χ4v) is 2.06. The van der Waals surface area contributed by atoms with Gasteiger partial charge in [0.15, 0.2) is 6.10 Å². The second-order valence-corrected chi connectivity index (χ2v) is 5.15. The predicted molar refractivity (Wildman–Crippen MR) is 83.7 cm³/mol. The number of carbonyl (C=O) groups is 2. The van der Waals surface area contributed by atoms with Gasteiger partial charge < -0.3 is 10.1 Å². The predicted octanol–water partition coefficient (Wildman–Crippen LogP) is 2.88. The third-order valence-corrected chi connectivity index (χ3v) is 3.04. The molecule has 2 aromatic rings. The molecule has 0 fully saturated rings. The van der Waals surface area contributed by atoms with Crippen LogP contribution in [0.25, 0.3) is 0 Å². The largest absolute Gasteiger partial charge is 0.449 e. The van der Waals surface area contributed by atoms with Gasteiger partial charge in [0.1, 0.15) is 0 Å². The van der Waals surface area contributed by atoms with Crippen LogP contribution in [-0.4, -0.2) is 23.0 Å². The monoisotopic (exact) mass is 298 g/mol. The maximum absolute atomic E-state index is 12.1. The fraction of sp³-hybridized carbons (Fsp3) is 0.235. The lowest BCUT2D eigenvalue weighted by Gasteiger charge is -2.14. The Kier molecular flexibility index (Phi) is 4.88. The molecule has 1 amide bonds. The summed E-state index contributed by atoms with van der Waals surface area (Å²) in [5.74, 6) is -0.946. The Morgan fingerprint density at radius 1 is 1.18 bits per heavy atom. The molecule has 0 aliphatic carbocycles. The van der Waals surface area contributed by atoms with Crippen LogP contribution in [0.3, 0.4) is 0 Å². The van der Waals surface area contributed by atoms with Crippen molar-refractivity contribution in [2.75, 3.05) is 5.32 Å². The molecular weight excluding hydrogens is 280 g/mol. The van der Waals surface area contributed by atoms with Crippen LogP contribution in [-0.2, 0) is 9.53 Å². The maximum Gasteiger partial charge on any atom is 0.340 e. The summed E-state index contributed by atoms with van der Waals surface area (Å²) in [6.07, 6.45) is 2.07. The van der Waals surface area contributed by atoms with Crippen molar-refractivity contribution in [2.24, 2.45) is 0 Å². The quantitative estimate of drug-likeness (QED) is 0.881. The van der Waals surface area contributed by atoms with Gasteiger partial charge in [-0.25, -0.2) is 4.79 Å². The number of esters is 1. The van der Waals surface area contributed by atoms with Crippen molar-refractivity contribution in [1.82, 2.24) is 4.98 Å². The zero-order valence-electron chi connectivity index (χ0n) is 12.8. The van der Waals surface area contributed by atoms with Crippen molar-refractivity contribution in [3.63, 3.8) is 0 Å². The number of hydrogen-bond donors (Lipinski definition) is 1. The number of nitrogens with zero attached hydrogens (tertiary/aromatic N) is 1. The van der Waals surface area contributed by atoms with Crippen molar-refractivity contribution < 1.29 is 14.3 Å². The van der Waals surface area contributed by atoms with E-state index >= 15 is 0 Å². The van der Waals surface area contributed by atoms with Crippen molar-refractivity contribution in [1.29, 1.82) is 0 Å². The highest BCUT2D eigenvalue weighted by Crippen LogP contribution is 2.14. The molecule has 22 heavy (non-hydrogen) atoms. The molecule has 1 atom stereocenters. The highest BCUT2D eigenvalue weighted by molar-refractivity contribution is 5.97. The van der Waals surface area contributed by atoms with Crippen molar-refractivity contribution in [3.05, 3.63) is 59.4 Å². The molecule has 5 heteroatoms. The van der Waals surface area contributed by atoms with Gasteiger partial charge in [-0.1, -0.05) is 6.07 Å². The number of carbonyl (C=O) groups excluding carboxylic acids is 2. The zero-order valence-corrected chi connectivity index (χ0v) is 12.8. The highest BCUT2D eigenvalue weighted by Gasteiger charge is 2.19. The number of hydrogen-bond acceptors (Lipinski definition) is 4. The van der Waals surface area contributed by atoms with E-state index < -0.39 is 12.1 Å². The lowest BCUT2D eigenvalue weighted by Crippen LogP contribution is -2.30. The summed E-state index contributed by atoms with van der Waals surface area (Å²) in [5.41, 5.74) is 3.10. The first kappa shape index (κ1) is 15.7. The number of benzene rings is 1. The van der Waals surface area contributed by atoms with E-state index in [1.807, 2.05) is 32.0 Å². The first-order valence-corrected chi connectivity index (χ1v) is 6.96. The zero-order chi connectivity index (χ0) is 16.1. The Morgan fingerprint density at radius 3 is 2.45 bits per heavy atom. The molecule has 0 bridgehead atoms. The van der Waals surface area contributed by atoms with Gasteiger partial charge in [0, 0.05) is 18.1 Å². The van der Waals surface area contributed by atoms with Crippen molar-refractivity contribution in [2.45, 2.75) is 26.9 Å². The summed E-state index contributed by atoms with van der Waals surface area (Å²) in [4.78, 5) is 27.8. The third kappa shape index (κ3) is 4.15. The number of amides is 1. The van der Waals surface area contributed by atoms with Crippen LogP contribution < -0.4 is 5.32 Å². The minimum atomic E-state index is -0.895. The molecule has 2 rings (SSSR count). The van der Waals surface area contributed by atoms with Gasteiger partial charge in [-0.15, -0.1) is 0 Å². The first-order valence-electron chi connectivity index (χ1n) is 6.96. The number of pyridine rings is 1. The minimum absolute atomic E-state index is 0.313. The first-order chi connectivity index (χ1) is 10.5. The Morgan fingerprint density at radius 2 is 1.86 bits per heavy atom. The Labute approximate surface area is 129 Å². The lowest BCUT2D eigenvalue weighted by molar-refractivity contribution is -0.123. The molecule has 1 aromatic carbocycles. The van der Waals surface area contributed by atoms with E-state index in [9.17, 15) is 9.59 Å². The van der Waals surface area contributed by atoms with E-state index in [2.05, 4.69) is 10.3 Å². The van der Waals surface area contributed by atoms with Crippen LogP contribution in [0.2, 0.25) is 0 Å². The summed E-state index contributed by atoms with van der Waals surface area (Å²) in [5, 5.41) is 2.75. The second-order valence-electron chi connectivity index (χ2n) is 5.15. The molecule has 0 radical (unpaired) electrons. The number of anilines is 1. The molecule has 1 heterocycles. The Balaban J connectivity index is 1.99. The molecule has 0 aliphatic rings. The van der Waals surface area contributed by atoms with Crippen LogP contribution in [0.1, 0.15) is 28.4 Å². The van der Waals surface area contributed by atoms with E-state index in [1.54, 1.807) is 18.3 Å². The summed E-state index contributed by atoms with van der Waals surface area (Å²) in [7, 11) is 0. The van der Waals surface area contributed by atoms with Gasteiger partial charge >= 0.3 is 5.97 Å². The van der Waals surface area contributed by atoms with E-state index in [0.717, 1.165) is 11.1 Å². The van der Waals surface area contributed by atoms with Gasteiger partial charge in [-0.05, 0) is 56.2 Å². The van der Waals surface area contributed by atoms with Crippen LogP contribution in [0.15, 0.2) is 42.7 Å². The van der Waals surface area contributed by atoms with Gasteiger partial charge in [0.05, 0.1) is 5.56 Å². The molecule has 114 valence electrons. The van der Waals surface area contributed by atoms with E-state index in [4.69, 9.17) is 4.74 Å². The summed E-state index contributed by atoms with van der Waals surface area (Å²) < 4.78 is 5.14. The van der Waals surface area contributed by atoms with Crippen LogP contribution in [0.4, 0.5) is 5.69 Å². The number of aryl methyl sites for hydroxylation is 2. The smallest absolute Gasteiger partial charge is 0.340 e.